The van der Waals surface area contributed by atoms with Crippen molar-refractivity contribution in [1.29, 1.82) is 0 Å². The normalized spacial score (nSPS) is 19.2. The maximum Gasteiger partial charge on any atom is 0.242 e. The van der Waals surface area contributed by atoms with Crippen molar-refractivity contribution in [2.75, 3.05) is 26.3 Å². The van der Waals surface area contributed by atoms with E-state index in [-0.39, 0.29) is 5.92 Å². The van der Waals surface area contributed by atoms with Gasteiger partial charge < -0.3 is 14.6 Å². The van der Waals surface area contributed by atoms with Crippen LogP contribution in [0.15, 0.2) is 17.2 Å². The van der Waals surface area contributed by atoms with Crippen LogP contribution in [0.2, 0.25) is 0 Å². The number of nitrogens with zero attached hydrogens (tertiary/aromatic N) is 1. The zero-order valence-electron chi connectivity index (χ0n) is 12.8. The number of aryl methyl sites for hydroxylation is 1. The van der Waals surface area contributed by atoms with Crippen LogP contribution < -0.4 is 10.0 Å². The first kappa shape index (κ1) is 16.5. The van der Waals surface area contributed by atoms with Crippen molar-refractivity contribution in [3.8, 4) is 0 Å². The third-order valence-corrected chi connectivity index (χ3v) is 5.10. The number of sulfonamides is 1. The third kappa shape index (κ3) is 4.54. The molecular weight excluding hydrogens is 290 g/mol. The van der Waals surface area contributed by atoms with E-state index in [1.54, 1.807) is 12.3 Å². The summed E-state index contributed by atoms with van der Waals surface area (Å²) >= 11 is 0. The molecule has 1 atom stereocenters. The first-order valence-corrected chi connectivity index (χ1v) is 8.94. The lowest BCUT2D eigenvalue weighted by molar-refractivity contribution is 0.186. The van der Waals surface area contributed by atoms with Crippen LogP contribution in [0, 0.1) is 5.92 Å². The molecule has 1 aliphatic rings. The van der Waals surface area contributed by atoms with E-state index >= 15 is 0 Å². The molecule has 1 unspecified atom stereocenters. The van der Waals surface area contributed by atoms with E-state index in [0.717, 1.165) is 31.7 Å². The lowest BCUT2D eigenvalue weighted by atomic mass is 10.1. The largest absolute Gasteiger partial charge is 0.381 e. The predicted octanol–water partition coefficient (Wildman–Crippen LogP) is 0.840. The Morgan fingerprint density at radius 2 is 2.29 bits per heavy atom. The summed E-state index contributed by atoms with van der Waals surface area (Å²) in [6, 6.07) is 1.73. The Balaban J connectivity index is 1.96. The SMILES string of the molecule is CCCNCc1cc(S(=O)(=O)NCC2CCOC2)cn1C. The first-order chi connectivity index (χ1) is 10.0. The van der Waals surface area contributed by atoms with E-state index in [1.807, 2.05) is 11.6 Å². The lowest BCUT2D eigenvalue weighted by Gasteiger charge is -2.08. The fourth-order valence-corrected chi connectivity index (χ4v) is 3.56. The van der Waals surface area contributed by atoms with Gasteiger partial charge in [-0.05, 0) is 31.4 Å². The zero-order valence-corrected chi connectivity index (χ0v) is 13.6. The summed E-state index contributed by atoms with van der Waals surface area (Å²) in [7, 11) is -1.57. The van der Waals surface area contributed by atoms with Crippen LogP contribution in [0.3, 0.4) is 0 Å². The maximum atomic E-state index is 12.3. The Labute approximate surface area is 126 Å². The van der Waals surface area contributed by atoms with Gasteiger partial charge in [0, 0.05) is 38.6 Å². The highest BCUT2D eigenvalue weighted by atomic mass is 32.2. The standard InChI is InChI=1S/C14H25N3O3S/c1-3-5-15-9-13-7-14(10-17(13)2)21(18,19)16-8-12-4-6-20-11-12/h7,10,12,15-16H,3-6,8-9,11H2,1-2H3. The van der Waals surface area contributed by atoms with Crippen molar-refractivity contribution < 1.29 is 13.2 Å². The van der Waals surface area contributed by atoms with Crippen LogP contribution in [0.25, 0.3) is 0 Å². The smallest absolute Gasteiger partial charge is 0.242 e. The van der Waals surface area contributed by atoms with E-state index in [1.165, 1.54) is 0 Å². The van der Waals surface area contributed by atoms with Crippen molar-refractivity contribution in [3.05, 3.63) is 18.0 Å². The summed E-state index contributed by atoms with van der Waals surface area (Å²) < 4.78 is 34.4. The van der Waals surface area contributed by atoms with Gasteiger partial charge in [-0.1, -0.05) is 6.92 Å². The third-order valence-electron chi connectivity index (χ3n) is 3.71. The highest BCUT2D eigenvalue weighted by Gasteiger charge is 2.21. The number of rotatable bonds is 8. The summed E-state index contributed by atoms with van der Waals surface area (Å²) in [5.41, 5.74) is 0.966. The molecule has 6 nitrogen and oxygen atoms in total. The quantitative estimate of drug-likeness (QED) is 0.697. The molecule has 1 saturated heterocycles. The second-order valence-corrected chi connectivity index (χ2v) is 7.30. The minimum atomic E-state index is -3.43. The van der Waals surface area contributed by atoms with Gasteiger partial charge in [-0.25, -0.2) is 13.1 Å². The molecule has 120 valence electrons. The topological polar surface area (TPSA) is 72.4 Å². The molecule has 2 rings (SSSR count). The molecule has 0 radical (unpaired) electrons. The molecule has 1 aromatic rings. The van der Waals surface area contributed by atoms with Crippen molar-refractivity contribution in [2.45, 2.75) is 31.2 Å². The number of aromatic nitrogens is 1. The van der Waals surface area contributed by atoms with Crippen LogP contribution in [-0.2, 0) is 28.4 Å². The van der Waals surface area contributed by atoms with Crippen LogP contribution in [0.4, 0.5) is 0 Å². The summed E-state index contributed by atoms with van der Waals surface area (Å²) in [5.74, 6) is 0.286. The van der Waals surface area contributed by atoms with Crippen LogP contribution in [0.5, 0.6) is 0 Å². The minimum Gasteiger partial charge on any atom is -0.381 e. The number of ether oxygens (including phenoxy) is 1. The van der Waals surface area contributed by atoms with Crippen molar-refractivity contribution in [1.82, 2.24) is 14.6 Å². The second kappa shape index (κ2) is 7.40. The van der Waals surface area contributed by atoms with E-state index in [0.29, 0.717) is 24.6 Å². The average molecular weight is 315 g/mol. The lowest BCUT2D eigenvalue weighted by Crippen LogP contribution is -2.29. The molecule has 7 heteroatoms. The van der Waals surface area contributed by atoms with Crippen LogP contribution in [0.1, 0.15) is 25.5 Å². The van der Waals surface area contributed by atoms with Gasteiger partial charge in [0.25, 0.3) is 0 Å². The van der Waals surface area contributed by atoms with Gasteiger partial charge in [-0.15, -0.1) is 0 Å². The summed E-state index contributed by atoms with van der Waals surface area (Å²) in [6.45, 7) is 5.52. The van der Waals surface area contributed by atoms with Gasteiger partial charge in [0.1, 0.15) is 0 Å². The molecule has 0 saturated carbocycles. The highest BCUT2D eigenvalue weighted by molar-refractivity contribution is 7.89. The summed E-state index contributed by atoms with van der Waals surface area (Å²) in [6.07, 6.45) is 3.64. The number of hydrogen-bond donors (Lipinski definition) is 2. The molecular formula is C14H25N3O3S. The van der Waals surface area contributed by atoms with Crippen LogP contribution in [-0.4, -0.2) is 39.3 Å². The maximum absolute atomic E-state index is 12.3. The summed E-state index contributed by atoms with van der Waals surface area (Å²) in [5, 5.41) is 3.28. The predicted molar refractivity (Wildman–Crippen MR) is 81.5 cm³/mol. The molecule has 0 aliphatic carbocycles. The van der Waals surface area contributed by atoms with Crippen molar-refractivity contribution in [2.24, 2.45) is 13.0 Å². The molecule has 2 N–H and O–H groups in total. The van der Waals surface area contributed by atoms with Gasteiger partial charge in [-0.2, -0.15) is 0 Å². The van der Waals surface area contributed by atoms with E-state index < -0.39 is 10.0 Å². The Hall–Kier alpha value is -0.890. The van der Waals surface area contributed by atoms with E-state index in [4.69, 9.17) is 4.74 Å². The monoisotopic (exact) mass is 315 g/mol. The Morgan fingerprint density at radius 1 is 1.48 bits per heavy atom. The van der Waals surface area contributed by atoms with Gasteiger partial charge in [0.15, 0.2) is 0 Å². The van der Waals surface area contributed by atoms with Crippen molar-refractivity contribution >= 4 is 10.0 Å². The highest BCUT2D eigenvalue weighted by Crippen LogP contribution is 2.15. The first-order valence-electron chi connectivity index (χ1n) is 7.46. The number of hydrogen-bond acceptors (Lipinski definition) is 4. The van der Waals surface area contributed by atoms with Gasteiger partial charge in [-0.3, -0.25) is 0 Å². The zero-order chi connectivity index (χ0) is 15.3. The van der Waals surface area contributed by atoms with Gasteiger partial charge in [0.2, 0.25) is 10.0 Å². The van der Waals surface area contributed by atoms with Gasteiger partial charge in [0.05, 0.1) is 11.5 Å². The Kier molecular flexibility index (Phi) is 5.80. The Bertz CT molecular complexity index is 548. The fraction of sp³-hybridized carbons (Fsp3) is 0.714. The number of nitrogens with one attached hydrogen (secondary N) is 2. The molecule has 1 fully saturated rings. The molecule has 2 heterocycles. The molecule has 1 aromatic heterocycles. The van der Waals surface area contributed by atoms with Crippen LogP contribution >= 0.6 is 0 Å². The molecule has 0 bridgehead atoms. The van der Waals surface area contributed by atoms with E-state index in [9.17, 15) is 8.42 Å². The molecule has 0 amide bonds. The van der Waals surface area contributed by atoms with Gasteiger partial charge >= 0.3 is 0 Å². The molecule has 1 aliphatic heterocycles. The second-order valence-electron chi connectivity index (χ2n) is 5.54. The average Bonchev–Trinajstić information content (AvgIpc) is 3.07. The molecule has 0 spiro atoms. The Morgan fingerprint density at radius 3 is 2.95 bits per heavy atom. The fourth-order valence-electron chi connectivity index (χ4n) is 2.35. The summed E-state index contributed by atoms with van der Waals surface area (Å²) in [4.78, 5) is 0.331. The molecule has 0 aromatic carbocycles. The molecule has 21 heavy (non-hydrogen) atoms. The minimum absolute atomic E-state index is 0.286. The van der Waals surface area contributed by atoms with Crippen molar-refractivity contribution in [3.63, 3.8) is 0 Å². The van der Waals surface area contributed by atoms with E-state index in [2.05, 4.69) is 17.0 Å².